The quantitative estimate of drug-likeness (QED) is 0.649. The molecule has 0 unspecified atom stereocenters. The monoisotopic (exact) mass is 207 g/mol. The molecule has 0 N–H and O–H groups in total. The Bertz CT molecular complexity index is 266. The van der Waals surface area contributed by atoms with Crippen LogP contribution in [0.5, 0.6) is 0 Å². The van der Waals surface area contributed by atoms with Crippen molar-refractivity contribution in [1.82, 2.24) is 4.90 Å². The first kappa shape index (κ1) is 12.0. The van der Waals surface area contributed by atoms with Gasteiger partial charge in [0.2, 0.25) is 5.91 Å². The minimum absolute atomic E-state index is 0.0388. The lowest BCUT2D eigenvalue weighted by atomic mass is 10.0. The lowest BCUT2D eigenvalue weighted by Gasteiger charge is -2.28. The molecule has 0 fully saturated rings. The second-order valence-corrected chi connectivity index (χ2v) is 4.49. The summed E-state index contributed by atoms with van der Waals surface area (Å²) in [6, 6.07) is 0. The fourth-order valence-corrected chi connectivity index (χ4v) is 1.89. The molecule has 0 spiro atoms. The number of hydrogen-bond donors (Lipinski definition) is 0. The molecule has 1 amide bonds. The summed E-state index contributed by atoms with van der Waals surface area (Å²) < 4.78 is 0. The van der Waals surface area contributed by atoms with E-state index in [-0.39, 0.29) is 5.91 Å². The molecule has 0 saturated heterocycles. The summed E-state index contributed by atoms with van der Waals surface area (Å²) in [5.41, 5.74) is 1.19. The standard InChI is InChI=1S/C13H21NO/c1-4-13(15)14(10-11(2)3)12-8-6-5-7-9-12/h4,8,11H,1,5-7,9-10H2,2-3H3. The Labute approximate surface area is 92.7 Å². The SMILES string of the molecule is C=CC(=O)N(CC(C)C)C1=CCCCC1. The van der Waals surface area contributed by atoms with Crippen LogP contribution in [0, 0.1) is 5.92 Å². The summed E-state index contributed by atoms with van der Waals surface area (Å²) in [7, 11) is 0. The van der Waals surface area contributed by atoms with Gasteiger partial charge in [-0.1, -0.05) is 26.5 Å². The third kappa shape index (κ3) is 3.54. The van der Waals surface area contributed by atoms with Crippen molar-refractivity contribution < 1.29 is 4.79 Å². The molecule has 1 aliphatic rings. The number of amides is 1. The molecule has 0 aromatic rings. The topological polar surface area (TPSA) is 20.3 Å². The molecule has 0 radical (unpaired) electrons. The van der Waals surface area contributed by atoms with Crippen LogP contribution in [0.2, 0.25) is 0 Å². The Kier molecular flexibility index (Phi) is 4.60. The number of carbonyl (C=O) groups is 1. The van der Waals surface area contributed by atoms with E-state index in [0.29, 0.717) is 5.92 Å². The van der Waals surface area contributed by atoms with Gasteiger partial charge < -0.3 is 4.90 Å². The fraction of sp³-hybridized carbons (Fsp3) is 0.615. The average Bonchev–Trinajstić information content (AvgIpc) is 2.26. The summed E-state index contributed by atoms with van der Waals surface area (Å²) >= 11 is 0. The highest BCUT2D eigenvalue weighted by Crippen LogP contribution is 2.22. The van der Waals surface area contributed by atoms with Crippen LogP contribution in [-0.2, 0) is 4.79 Å². The van der Waals surface area contributed by atoms with Crippen LogP contribution in [0.15, 0.2) is 24.4 Å². The third-order valence-electron chi connectivity index (χ3n) is 2.60. The van der Waals surface area contributed by atoms with Crippen molar-refractivity contribution >= 4 is 5.91 Å². The first-order chi connectivity index (χ1) is 7.15. The second kappa shape index (κ2) is 5.74. The van der Waals surface area contributed by atoms with Gasteiger partial charge in [0, 0.05) is 12.2 Å². The predicted molar refractivity (Wildman–Crippen MR) is 63.3 cm³/mol. The van der Waals surface area contributed by atoms with Crippen molar-refractivity contribution in [3.63, 3.8) is 0 Å². The van der Waals surface area contributed by atoms with E-state index in [9.17, 15) is 4.79 Å². The van der Waals surface area contributed by atoms with E-state index in [1.807, 2.05) is 4.90 Å². The van der Waals surface area contributed by atoms with Crippen molar-refractivity contribution in [2.24, 2.45) is 5.92 Å². The van der Waals surface area contributed by atoms with Gasteiger partial charge in [0.1, 0.15) is 0 Å². The van der Waals surface area contributed by atoms with E-state index in [1.165, 1.54) is 24.6 Å². The third-order valence-corrected chi connectivity index (χ3v) is 2.60. The van der Waals surface area contributed by atoms with Crippen LogP contribution in [-0.4, -0.2) is 17.4 Å². The van der Waals surface area contributed by atoms with Gasteiger partial charge >= 0.3 is 0 Å². The zero-order valence-corrected chi connectivity index (χ0v) is 9.83. The highest BCUT2D eigenvalue weighted by molar-refractivity contribution is 5.88. The van der Waals surface area contributed by atoms with E-state index in [2.05, 4.69) is 26.5 Å². The van der Waals surface area contributed by atoms with E-state index >= 15 is 0 Å². The summed E-state index contributed by atoms with van der Waals surface area (Å²) in [5, 5.41) is 0. The van der Waals surface area contributed by atoms with E-state index < -0.39 is 0 Å². The maximum absolute atomic E-state index is 11.7. The van der Waals surface area contributed by atoms with Gasteiger partial charge in [-0.25, -0.2) is 0 Å². The molecule has 1 rings (SSSR count). The largest absolute Gasteiger partial charge is 0.313 e. The van der Waals surface area contributed by atoms with Gasteiger partial charge in [0.05, 0.1) is 0 Å². The summed E-state index contributed by atoms with van der Waals surface area (Å²) in [6.07, 6.45) is 8.21. The molecule has 2 nitrogen and oxygen atoms in total. The van der Waals surface area contributed by atoms with Crippen LogP contribution < -0.4 is 0 Å². The fourth-order valence-electron chi connectivity index (χ4n) is 1.89. The van der Waals surface area contributed by atoms with E-state index in [4.69, 9.17) is 0 Å². The normalized spacial score (nSPS) is 16.1. The molecular formula is C13H21NO. The smallest absolute Gasteiger partial charge is 0.250 e. The minimum Gasteiger partial charge on any atom is -0.313 e. The Morgan fingerprint density at radius 3 is 2.80 bits per heavy atom. The molecule has 0 atom stereocenters. The van der Waals surface area contributed by atoms with Crippen LogP contribution in [0.4, 0.5) is 0 Å². The van der Waals surface area contributed by atoms with E-state index in [0.717, 1.165) is 19.4 Å². The summed E-state index contributed by atoms with van der Waals surface area (Å²) in [5.74, 6) is 0.536. The van der Waals surface area contributed by atoms with Gasteiger partial charge in [-0.15, -0.1) is 0 Å². The van der Waals surface area contributed by atoms with Gasteiger partial charge in [-0.2, -0.15) is 0 Å². The Morgan fingerprint density at radius 1 is 1.60 bits per heavy atom. The van der Waals surface area contributed by atoms with Crippen molar-refractivity contribution in [2.75, 3.05) is 6.54 Å². The maximum Gasteiger partial charge on any atom is 0.250 e. The Balaban J connectivity index is 2.74. The number of hydrogen-bond acceptors (Lipinski definition) is 1. The average molecular weight is 207 g/mol. The van der Waals surface area contributed by atoms with Crippen molar-refractivity contribution in [3.8, 4) is 0 Å². The zero-order chi connectivity index (χ0) is 11.3. The summed E-state index contributed by atoms with van der Waals surface area (Å²) in [6.45, 7) is 8.63. The Hall–Kier alpha value is -1.05. The molecule has 0 aromatic carbocycles. The Morgan fingerprint density at radius 2 is 2.33 bits per heavy atom. The van der Waals surface area contributed by atoms with Crippen molar-refractivity contribution in [2.45, 2.75) is 39.5 Å². The molecule has 0 aromatic heterocycles. The van der Waals surface area contributed by atoms with Gasteiger partial charge in [0.15, 0.2) is 0 Å². The molecule has 2 heteroatoms. The molecule has 84 valence electrons. The van der Waals surface area contributed by atoms with Gasteiger partial charge in [-0.3, -0.25) is 4.79 Å². The lowest BCUT2D eigenvalue weighted by Crippen LogP contribution is -2.32. The molecule has 0 bridgehead atoms. The maximum atomic E-state index is 11.7. The highest BCUT2D eigenvalue weighted by Gasteiger charge is 2.17. The van der Waals surface area contributed by atoms with E-state index in [1.54, 1.807) is 0 Å². The van der Waals surface area contributed by atoms with Gasteiger partial charge in [-0.05, 0) is 37.7 Å². The highest BCUT2D eigenvalue weighted by atomic mass is 16.2. The second-order valence-electron chi connectivity index (χ2n) is 4.49. The van der Waals surface area contributed by atoms with Crippen LogP contribution in [0.3, 0.4) is 0 Å². The zero-order valence-electron chi connectivity index (χ0n) is 9.83. The number of carbonyl (C=O) groups excluding carboxylic acids is 1. The first-order valence-electron chi connectivity index (χ1n) is 5.78. The first-order valence-corrected chi connectivity index (χ1v) is 5.78. The summed E-state index contributed by atoms with van der Waals surface area (Å²) in [4.78, 5) is 13.6. The number of allylic oxidation sites excluding steroid dienone is 2. The van der Waals surface area contributed by atoms with Crippen molar-refractivity contribution in [1.29, 1.82) is 0 Å². The van der Waals surface area contributed by atoms with Gasteiger partial charge in [0.25, 0.3) is 0 Å². The molecule has 0 saturated carbocycles. The van der Waals surface area contributed by atoms with Crippen LogP contribution in [0.25, 0.3) is 0 Å². The molecule has 0 heterocycles. The van der Waals surface area contributed by atoms with Crippen LogP contribution >= 0.6 is 0 Å². The predicted octanol–water partition coefficient (Wildman–Crippen LogP) is 3.11. The molecule has 15 heavy (non-hydrogen) atoms. The van der Waals surface area contributed by atoms with Crippen molar-refractivity contribution in [3.05, 3.63) is 24.4 Å². The molecule has 1 aliphatic carbocycles. The number of nitrogens with zero attached hydrogens (tertiary/aromatic N) is 1. The van der Waals surface area contributed by atoms with Crippen LogP contribution in [0.1, 0.15) is 39.5 Å². The minimum atomic E-state index is 0.0388. The number of rotatable bonds is 4. The lowest BCUT2D eigenvalue weighted by molar-refractivity contribution is -0.124. The molecule has 0 aliphatic heterocycles. The molecular weight excluding hydrogens is 186 g/mol.